The van der Waals surface area contributed by atoms with Gasteiger partial charge in [-0.05, 0) is 25.0 Å². The Bertz CT molecular complexity index is 57.0. The second kappa shape index (κ2) is 6.39. The van der Waals surface area contributed by atoms with Crippen molar-refractivity contribution in [2.45, 2.75) is 32.0 Å². The van der Waals surface area contributed by atoms with Crippen molar-refractivity contribution in [1.29, 1.82) is 0 Å². The summed E-state index contributed by atoms with van der Waals surface area (Å²) in [5, 5.41) is 16.8. The summed E-state index contributed by atoms with van der Waals surface area (Å²) in [6, 6.07) is 0. The van der Waals surface area contributed by atoms with E-state index >= 15 is 0 Å². The predicted molar refractivity (Wildman–Crippen MR) is 40.5 cm³/mol. The number of unbranched alkanes of at least 4 members (excludes halogenated alkanes) is 2. The molecule has 0 aliphatic heterocycles. The van der Waals surface area contributed by atoms with E-state index in [1.54, 1.807) is 0 Å². The Kier molecular flexibility index (Phi) is 6.58. The smallest absolute Gasteiger partial charge is 0.151 e. The molecule has 3 heteroatoms. The molecule has 0 aliphatic carbocycles. The summed E-state index contributed by atoms with van der Waals surface area (Å²) >= 11 is 4.02. The lowest BCUT2D eigenvalue weighted by molar-refractivity contribution is -0.0465. The fourth-order valence-electron chi connectivity index (χ4n) is 0.615. The quantitative estimate of drug-likeness (QED) is 0.308. The molecule has 2 nitrogen and oxygen atoms in total. The first-order valence-electron chi connectivity index (χ1n) is 3.24. The molecule has 56 valence electrons. The monoisotopic (exact) mass is 150 g/mol. The first kappa shape index (κ1) is 9.27. The highest BCUT2D eigenvalue weighted by atomic mass is 32.1. The van der Waals surface area contributed by atoms with Crippen LogP contribution in [0.5, 0.6) is 0 Å². The lowest BCUT2D eigenvalue weighted by Crippen LogP contribution is -2.02. The molecule has 0 aromatic carbocycles. The van der Waals surface area contributed by atoms with Crippen molar-refractivity contribution in [3.05, 3.63) is 0 Å². The van der Waals surface area contributed by atoms with Crippen molar-refractivity contribution in [3.63, 3.8) is 0 Å². The Morgan fingerprint density at radius 2 is 1.78 bits per heavy atom. The van der Waals surface area contributed by atoms with Gasteiger partial charge in [-0.25, -0.2) is 0 Å². The van der Waals surface area contributed by atoms with Crippen LogP contribution in [0, 0.1) is 0 Å². The van der Waals surface area contributed by atoms with Crippen molar-refractivity contribution in [2.24, 2.45) is 0 Å². The molecule has 0 unspecified atom stereocenters. The Morgan fingerprint density at radius 1 is 1.11 bits per heavy atom. The highest BCUT2D eigenvalue weighted by Crippen LogP contribution is 2.01. The zero-order valence-electron chi connectivity index (χ0n) is 5.45. The normalized spacial score (nSPS) is 10.7. The average molecular weight is 150 g/mol. The molecule has 0 aliphatic rings. The van der Waals surface area contributed by atoms with E-state index in [1.807, 2.05) is 0 Å². The largest absolute Gasteiger partial charge is 0.368 e. The van der Waals surface area contributed by atoms with Gasteiger partial charge in [0.2, 0.25) is 0 Å². The maximum Gasteiger partial charge on any atom is 0.151 e. The van der Waals surface area contributed by atoms with Gasteiger partial charge >= 0.3 is 0 Å². The summed E-state index contributed by atoms with van der Waals surface area (Å²) < 4.78 is 0. The van der Waals surface area contributed by atoms with Crippen molar-refractivity contribution in [1.82, 2.24) is 0 Å². The molecule has 0 atom stereocenters. The molecule has 0 aromatic rings. The van der Waals surface area contributed by atoms with Crippen molar-refractivity contribution in [2.75, 3.05) is 5.75 Å². The van der Waals surface area contributed by atoms with E-state index in [1.165, 1.54) is 0 Å². The zero-order valence-corrected chi connectivity index (χ0v) is 6.35. The van der Waals surface area contributed by atoms with Crippen LogP contribution in [-0.4, -0.2) is 22.3 Å². The van der Waals surface area contributed by atoms with Crippen LogP contribution in [0.15, 0.2) is 0 Å². The summed E-state index contributed by atoms with van der Waals surface area (Å²) in [6.45, 7) is 0. The Balaban J connectivity index is 2.75. The summed E-state index contributed by atoms with van der Waals surface area (Å²) in [4.78, 5) is 0. The van der Waals surface area contributed by atoms with Crippen LogP contribution in [0.25, 0.3) is 0 Å². The lowest BCUT2D eigenvalue weighted by Gasteiger charge is -2.00. The van der Waals surface area contributed by atoms with E-state index in [-0.39, 0.29) is 0 Å². The first-order chi connectivity index (χ1) is 4.27. The van der Waals surface area contributed by atoms with E-state index in [2.05, 4.69) is 12.6 Å². The average Bonchev–Trinajstić information content (AvgIpc) is 1.80. The van der Waals surface area contributed by atoms with E-state index in [4.69, 9.17) is 10.2 Å². The molecular formula is C6H14O2S. The number of hydrogen-bond donors (Lipinski definition) is 3. The molecule has 9 heavy (non-hydrogen) atoms. The Morgan fingerprint density at radius 3 is 2.22 bits per heavy atom. The molecule has 0 spiro atoms. The van der Waals surface area contributed by atoms with Crippen LogP contribution in [0.1, 0.15) is 25.7 Å². The van der Waals surface area contributed by atoms with Gasteiger partial charge in [-0.3, -0.25) is 0 Å². The highest BCUT2D eigenvalue weighted by molar-refractivity contribution is 7.80. The summed E-state index contributed by atoms with van der Waals surface area (Å²) in [5.41, 5.74) is 0. The van der Waals surface area contributed by atoms with Crippen LogP contribution in [0.2, 0.25) is 0 Å². The van der Waals surface area contributed by atoms with Crippen molar-refractivity contribution < 1.29 is 10.2 Å². The molecule has 0 heterocycles. The number of rotatable bonds is 5. The topological polar surface area (TPSA) is 40.5 Å². The summed E-state index contributed by atoms with van der Waals surface area (Å²) in [5.74, 6) is 0.890. The van der Waals surface area contributed by atoms with Crippen molar-refractivity contribution >= 4 is 12.6 Å². The second-order valence-electron chi connectivity index (χ2n) is 2.05. The van der Waals surface area contributed by atoms with Crippen LogP contribution in [-0.2, 0) is 0 Å². The predicted octanol–water partition coefficient (Wildman–Crippen LogP) is 0.787. The Hall–Kier alpha value is 0.270. The summed E-state index contributed by atoms with van der Waals surface area (Å²) in [6.07, 6.45) is 2.37. The molecule has 0 radical (unpaired) electrons. The molecule has 0 saturated carbocycles. The van der Waals surface area contributed by atoms with Gasteiger partial charge in [0.1, 0.15) is 0 Å². The van der Waals surface area contributed by atoms with E-state index in [0.29, 0.717) is 6.42 Å². The van der Waals surface area contributed by atoms with Gasteiger partial charge in [-0.15, -0.1) is 0 Å². The van der Waals surface area contributed by atoms with Gasteiger partial charge < -0.3 is 10.2 Å². The molecule has 0 bridgehead atoms. The third-order valence-corrected chi connectivity index (χ3v) is 1.44. The van der Waals surface area contributed by atoms with Gasteiger partial charge in [0.25, 0.3) is 0 Å². The number of thiol groups is 1. The minimum atomic E-state index is -1.12. The van der Waals surface area contributed by atoms with Crippen LogP contribution < -0.4 is 0 Å². The number of aliphatic hydroxyl groups is 2. The van der Waals surface area contributed by atoms with E-state index in [0.717, 1.165) is 25.0 Å². The van der Waals surface area contributed by atoms with Gasteiger partial charge in [0, 0.05) is 0 Å². The second-order valence-corrected chi connectivity index (χ2v) is 2.50. The molecule has 0 rings (SSSR count). The van der Waals surface area contributed by atoms with Crippen molar-refractivity contribution in [3.8, 4) is 0 Å². The van der Waals surface area contributed by atoms with Gasteiger partial charge in [0.05, 0.1) is 0 Å². The maximum absolute atomic E-state index is 8.39. The molecule has 2 N–H and O–H groups in total. The molecule has 0 amide bonds. The van der Waals surface area contributed by atoms with Gasteiger partial charge in [-0.2, -0.15) is 12.6 Å². The van der Waals surface area contributed by atoms with Crippen LogP contribution in [0.3, 0.4) is 0 Å². The van der Waals surface area contributed by atoms with E-state index < -0.39 is 6.29 Å². The Labute approximate surface area is 61.3 Å². The third-order valence-electron chi connectivity index (χ3n) is 1.12. The van der Waals surface area contributed by atoms with E-state index in [9.17, 15) is 0 Å². The van der Waals surface area contributed by atoms with Crippen LogP contribution >= 0.6 is 12.6 Å². The minimum absolute atomic E-state index is 0.494. The molecular weight excluding hydrogens is 136 g/mol. The van der Waals surface area contributed by atoms with Gasteiger partial charge in [0.15, 0.2) is 6.29 Å². The fourth-order valence-corrected chi connectivity index (χ4v) is 0.839. The highest BCUT2D eigenvalue weighted by Gasteiger charge is 1.94. The van der Waals surface area contributed by atoms with Crippen LogP contribution in [0.4, 0.5) is 0 Å². The molecule has 0 aromatic heterocycles. The molecule has 0 fully saturated rings. The standard InChI is InChI=1S/C6H14O2S/c7-6(8)4-2-1-3-5-9/h6-9H,1-5H2. The number of aliphatic hydroxyl groups excluding tert-OH is 1. The molecule has 0 saturated heterocycles. The zero-order chi connectivity index (χ0) is 7.11. The summed E-state index contributed by atoms with van der Waals surface area (Å²) in [7, 11) is 0. The fraction of sp³-hybridized carbons (Fsp3) is 1.00. The van der Waals surface area contributed by atoms with Gasteiger partial charge in [-0.1, -0.05) is 6.42 Å². The third kappa shape index (κ3) is 8.27. The lowest BCUT2D eigenvalue weighted by atomic mass is 10.2. The SMILES string of the molecule is OC(O)CCCCCS. The first-order valence-corrected chi connectivity index (χ1v) is 3.87. The number of hydrogen-bond acceptors (Lipinski definition) is 3. The minimum Gasteiger partial charge on any atom is -0.368 e. The maximum atomic E-state index is 8.39.